The molecule has 2 heteroatoms. The molecule has 1 aliphatic rings. The van der Waals surface area contributed by atoms with Gasteiger partial charge in [0.1, 0.15) is 0 Å². The maximum atomic E-state index is 11.2. The third kappa shape index (κ3) is 1.49. The van der Waals surface area contributed by atoms with Crippen LogP contribution in [0.25, 0.3) is 0 Å². The Kier molecular flexibility index (Phi) is 2.30. The van der Waals surface area contributed by atoms with Crippen LogP contribution in [0.4, 0.5) is 0 Å². The van der Waals surface area contributed by atoms with Crippen LogP contribution >= 0.6 is 0 Å². The predicted octanol–water partition coefficient (Wildman–Crippen LogP) is 1.41. The van der Waals surface area contributed by atoms with E-state index in [4.69, 9.17) is 0 Å². The summed E-state index contributed by atoms with van der Waals surface area (Å²) in [6, 6.07) is 0.454. The van der Waals surface area contributed by atoms with Crippen LogP contribution in [0.15, 0.2) is 0 Å². The Hall–Kier alpha value is -0.530. The summed E-state index contributed by atoms with van der Waals surface area (Å²) in [7, 11) is 1.90. The molecule has 0 aliphatic carbocycles. The van der Waals surface area contributed by atoms with E-state index in [0.717, 1.165) is 12.8 Å². The minimum absolute atomic E-state index is 0.310. The average Bonchev–Trinajstić information content (AvgIpc) is 2.04. The fourth-order valence-corrected chi connectivity index (χ4v) is 1.33. The molecule has 1 amide bonds. The third-order valence-corrected chi connectivity index (χ3v) is 2.32. The molecule has 1 aliphatic heterocycles. The van der Waals surface area contributed by atoms with Crippen LogP contribution in [-0.4, -0.2) is 23.9 Å². The Morgan fingerprint density at radius 1 is 1.50 bits per heavy atom. The fourth-order valence-electron chi connectivity index (χ4n) is 1.33. The van der Waals surface area contributed by atoms with Gasteiger partial charge in [-0.05, 0) is 19.8 Å². The van der Waals surface area contributed by atoms with Crippen LogP contribution in [-0.2, 0) is 4.79 Å². The molecule has 58 valence electrons. The fraction of sp³-hybridized carbons (Fsp3) is 0.875. The number of rotatable bonds is 0. The maximum absolute atomic E-state index is 11.2. The Morgan fingerprint density at radius 3 is 2.90 bits per heavy atom. The Labute approximate surface area is 62.2 Å². The molecule has 1 saturated heterocycles. The molecule has 0 aromatic rings. The molecule has 1 rings (SSSR count). The van der Waals surface area contributed by atoms with Crippen molar-refractivity contribution in [1.29, 1.82) is 0 Å². The zero-order valence-corrected chi connectivity index (χ0v) is 6.76. The van der Waals surface area contributed by atoms with Gasteiger partial charge in [0.2, 0.25) is 5.91 Å². The first-order chi connectivity index (χ1) is 4.72. The third-order valence-electron chi connectivity index (χ3n) is 2.32. The Morgan fingerprint density at radius 2 is 2.20 bits per heavy atom. The summed E-state index contributed by atoms with van der Waals surface area (Å²) < 4.78 is 0. The molecule has 1 atom stereocenters. The summed E-state index contributed by atoms with van der Waals surface area (Å²) in [6.07, 6.45) is 4.20. The SMILES string of the molecule is CC1CCCCC(=O)N1C. The second-order valence-electron chi connectivity index (χ2n) is 3.10. The summed E-state index contributed by atoms with van der Waals surface area (Å²) in [6.45, 7) is 2.11. The minimum atomic E-state index is 0.310. The summed E-state index contributed by atoms with van der Waals surface area (Å²) in [5.74, 6) is 0.310. The molecule has 0 spiro atoms. The van der Waals surface area contributed by atoms with Crippen molar-refractivity contribution < 1.29 is 4.79 Å². The molecule has 10 heavy (non-hydrogen) atoms. The molecular formula is C8H15NO. The number of amides is 1. The summed E-state index contributed by atoms with van der Waals surface area (Å²) in [5.41, 5.74) is 0. The highest BCUT2D eigenvalue weighted by molar-refractivity contribution is 5.76. The van der Waals surface area contributed by atoms with Crippen LogP contribution < -0.4 is 0 Å². The molecule has 0 radical (unpaired) electrons. The molecule has 2 nitrogen and oxygen atoms in total. The van der Waals surface area contributed by atoms with Crippen molar-refractivity contribution in [2.75, 3.05) is 7.05 Å². The first-order valence-corrected chi connectivity index (χ1v) is 3.97. The van der Waals surface area contributed by atoms with Crippen molar-refractivity contribution in [2.24, 2.45) is 0 Å². The molecule has 0 N–H and O–H groups in total. The summed E-state index contributed by atoms with van der Waals surface area (Å²) >= 11 is 0. The van der Waals surface area contributed by atoms with Crippen LogP contribution in [0, 0.1) is 0 Å². The van der Waals surface area contributed by atoms with Gasteiger partial charge in [-0.1, -0.05) is 6.42 Å². The lowest BCUT2D eigenvalue weighted by molar-refractivity contribution is -0.130. The number of nitrogens with zero attached hydrogens (tertiary/aromatic N) is 1. The van der Waals surface area contributed by atoms with E-state index in [-0.39, 0.29) is 0 Å². The second kappa shape index (κ2) is 3.04. The number of likely N-dealkylation sites (tertiary alicyclic amines) is 1. The molecule has 1 fully saturated rings. The van der Waals surface area contributed by atoms with E-state index in [0.29, 0.717) is 11.9 Å². The molecule has 1 unspecified atom stereocenters. The van der Waals surface area contributed by atoms with E-state index in [1.807, 2.05) is 11.9 Å². The van der Waals surface area contributed by atoms with Gasteiger partial charge >= 0.3 is 0 Å². The lowest BCUT2D eigenvalue weighted by Gasteiger charge is -2.21. The second-order valence-corrected chi connectivity index (χ2v) is 3.10. The van der Waals surface area contributed by atoms with Gasteiger partial charge in [-0.3, -0.25) is 4.79 Å². The topological polar surface area (TPSA) is 20.3 Å². The molecule has 1 heterocycles. The van der Waals surface area contributed by atoms with Crippen molar-refractivity contribution in [3.8, 4) is 0 Å². The Bertz CT molecular complexity index is 133. The number of hydrogen-bond donors (Lipinski definition) is 0. The Balaban J connectivity index is 2.55. The van der Waals surface area contributed by atoms with E-state index < -0.39 is 0 Å². The lowest BCUT2D eigenvalue weighted by Crippen LogP contribution is -2.32. The predicted molar refractivity (Wildman–Crippen MR) is 40.7 cm³/mol. The minimum Gasteiger partial charge on any atom is -0.343 e. The standard InChI is InChI=1S/C8H15NO/c1-7-5-3-4-6-8(10)9(7)2/h7H,3-6H2,1-2H3. The monoisotopic (exact) mass is 141 g/mol. The number of hydrogen-bond acceptors (Lipinski definition) is 1. The van der Waals surface area contributed by atoms with Crippen LogP contribution in [0.2, 0.25) is 0 Å². The maximum Gasteiger partial charge on any atom is 0.222 e. The van der Waals surface area contributed by atoms with Gasteiger partial charge in [0.25, 0.3) is 0 Å². The lowest BCUT2D eigenvalue weighted by atomic mass is 10.1. The van der Waals surface area contributed by atoms with Gasteiger partial charge in [0, 0.05) is 19.5 Å². The van der Waals surface area contributed by atoms with E-state index in [1.165, 1.54) is 12.8 Å². The molecule has 0 bridgehead atoms. The zero-order valence-electron chi connectivity index (χ0n) is 6.76. The van der Waals surface area contributed by atoms with Crippen molar-refractivity contribution >= 4 is 5.91 Å². The number of carbonyl (C=O) groups excluding carboxylic acids is 1. The highest BCUT2D eigenvalue weighted by atomic mass is 16.2. The summed E-state index contributed by atoms with van der Waals surface area (Å²) in [5, 5.41) is 0. The number of carbonyl (C=O) groups is 1. The first kappa shape index (κ1) is 7.58. The van der Waals surface area contributed by atoms with Crippen molar-refractivity contribution in [3.63, 3.8) is 0 Å². The smallest absolute Gasteiger partial charge is 0.222 e. The van der Waals surface area contributed by atoms with E-state index >= 15 is 0 Å². The normalized spacial score (nSPS) is 28.4. The van der Waals surface area contributed by atoms with E-state index in [9.17, 15) is 4.79 Å². The van der Waals surface area contributed by atoms with Gasteiger partial charge in [-0.25, -0.2) is 0 Å². The van der Waals surface area contributed by atoms with Gasteiger partial charge in [0.15, 0.2) is 0 Å². The van der Waals surface area contributed by atoms with Gasteiger partial charge in [-0.2, -0.15) is 0 Å². The van der Waals surface area contributed by atoms with E-state index in [1.54, 1.807) is 0 Å². The molecule has 0 aromatic carbocycles. The zero-order chi connectivity index (χ0) is 7.56. The van der Waals surface area contributed by atoms with Crippen molar-refractivity contribution in [3.05, 3.63) is 0 Å². The summed E-state index contributed by atoms with van der Waals surface area (Å²) in [4.78, 5) is 13.0. The largest absolute Gasteiger partial charge is 0.343 e. The van der Waals surface area contributed by atoms with Crippen LogP contribution in [0.1, 0.15) is 32.6 Å². The van der Waals surface area contributed by atoms with Crippen LogP contribution in [0.3, 0.4) is 0 Å². The molecule has 0 saturated carbocycles. The van der Waals surface area contributed by atoms with E-state index in [2.05, 4.69) is 6.92 Å². The van der Waals surface area contributed by atoms with Crippen molar-refractivity contribution in [1.82, 2.24) is 4.90 Å². The van der Waals surface area contributed by atoms with Gasteiger partial charge < -0.3 is 4.90 Å². The molecule has 0 aromatic heterocycles. The highest BCUT2D eigenvalue weighted by Gasteiger charge is 2.18. The quantitative estimate of drug-likeness (QED) is 0.499. The molecular weight excluding hydrogens is 126 g/mol. The average molecular weight is 141 g/mol. The van der Waals surface area contributed by atoms with Crippen LogP contribution in [0.5, 0.6) is 0 Å². The van der Waals surface area contributed by atoms with Crippen molar-refractivity contribution in [2.45, 2.75) is 38.6 Å². The van der Waals surface area contributed by atoms with Gasteiger partial charge in [-0.15, -0.1) is 0 Å². The first-order valence-electron chi connectivity index (χ1n) is 3.97. The highest BCUT2D eigenvalue weighted by Crippen LogP contribution is 2.14. The van der Waals surface area contributed by atoms with Gasteiger partial charge in [0.05, 0.1) is 0 Å².